The number of thiazole rings is 1. The summed E-state index contributed by atoms with van der Waals surface area (Å²) in [6, 6.07) is 0.754. The van der Waals surface area contributed by atoms with E-state index in [4.69, 9.17) is 4.98 Å². The molecule has 0 unspecified atom stereocenters. The number of aryl methyl sites for hydroxylation is 1. The molecular weight excluding hydrogens is 254 g/mol. The Morgan fingerprint density at radius 1 is 1.42 bits per heavy atom. The van der Waals surface area contributed by atoms with Gasteiger partial charge in [0.25, 0.3) is 0 Å². The van der Waals surface area contributed by atoms with Gasteiger partial charge in [-0.15, -0.1) is 11.3 Å². The third kappa shape index (κ3) is 4.18. The van der Waals surface area contributed by atoms with Crippen LogP contribution < -0.4 is 10.2 Å². The van der Waals surface area contributed by atoms with Crippen molar-refractivity contribution in [1.29, 1.82) is 0 Å². The zero-order chi connectivity index (χ0) is 13.8. The van der Waals surface area contributed by atoms with Crippen LogP contribution >= 0.6 is 11.3 Å². The maximum Gasteiger partial charge on any atom is 0.186 e. The quantitative estimate of drug-likeness (QED) is 0.738. The molecule has 1 aromatic rings. The topological polar surface area (TPSA) is 28.2 Å². The monoisotopic (exact) mass is 281 g/mol. The second-order valence-corrected chi connectivity index (χ2v) is 7.02. The predicted octanol–water partition coefficient (Wildman–Crippen LogP) is 3.58. The Kier molecular flexibility index (Phi) is 5.22. The number of nitrogens with one attached hydrogen (secondary N) is 1. The maximum absolute atomic E-state index is 4.81. The van der Waals surface area contributed by atoms with Gasteiger partial charge < -0.3 is 10.2 Å². The van der Waals surface area contributed by atoms with E-state index in [1.807, 2.05) is 11.3 Å². The first-order valence-electron chi connectivity index (χ1n) is 7.55. The lowest BCUT2D eigenvalue weighted by Crippen LogP contribution is -2.29. The Hall–Kier alpha value is -0.610. The number of nitrogens with zero attached hydrogens (tertiary/aromatic N) is 2. The molecule has 1 saturated carbocycles. The van der Waals surface area contributed by atoms with Gasteiger partial charge in [-0.25, -0.2) is 4.98 Å². The van der Waals surface area contributed by atoms with Crippen molar-refractivity contribution in [3.05, 3.63) is 10.6 Å². The lowest BCUT2D eigenvalue weighted by molar-refractivity contribution is 0.606. The molecule has 1 fully saturated rings. The fourth-order valence-electron chi connectivity index (χ4n) is 2.24. The average molecular weight is 281 g/mol. The fraction of sp³-hybridized carbons (Fsp3) is 0.800. The van der Waals surface area contributed by atoms with Gasteiger partial charge >= 0.3 is 0 Å². The van der Waals surface area contributed by atoms with Gasteiger partial charge in [0.2, 0.25) is 0 Å². The number of hydrogen-bond acceptors (Lipinski definition) is 4. The minimum atomic E-state index is 0.700. The van der Waals surface area contributed by atoms with Gasteiger partial charge in [0.15, 0.2) is 5.13 Å². The van der Waals surface area contributed by atoms with E-state index >= 15 is 0 Å². The third-order valence-electron chi connectivity index (χ3n) is 3.39. The van der Waals surface area contributed by atoms with Crippen LogP contribution in [-0.4, -0.2) is 24.1 Å². The Morgan fingerprint density at radius 3 is 2.74 bits per heavy atom. The van der Waals surface area contributed by atoms with E-state index in [-0.39, 0.29) is 0 Å². The lowest BCUT2D eigenvalue weighted by Gasteiger charge is -2.23. The van der Waals surface area contributed by atoms with E-state index in [0.29, 0.717) is 5.92 Å². The zero-order valence-electron chi connectivity index (χ0n) is 12.7. The molecule has 1 aromatic heterocycles. The molecule has 0 radical (unpaired) electrons. The first-order valence-corrected chi connectivity index (χ1v) is 8.37. The number of hydrogen-bond donors (Lipinski definition) is 1. The molecule has 4 heteroatoms. The van der Waals surface area contributed by atoms with Crippen LogP contribution in [0.3, 0.4) is 0 Å². The number of aromatic nitrogens is 1. The van der Waals surface area contributed by atoms with E-state index in [2.05, 4.69) is 37.9 Å². The van der Waals surface area contributed by atoms with Crippen LogP contribution in [0.15, 0.2) is 0 Å². The Balaban J connectivity index is 2.03. The first-order chi connectivity index (χ1) is 9.11. The van der Waals surface area contributed by atoms with Crippen molar-refractivity contribution in [3.8, 4) is 0 Å². The lowest BCUT2D eigenvalue weighted by atomic mass is 10.2. The molecule has 0 amide bonds. The molecule has 0 aliphatic heterocycles. The number of rotatable bonds is 8. The molecule has 2 rings (SSSR count). The van der Waals surface area contributed by atoms with E-state index in [1.165, 1.54) is 35.0 Å². The van der Waals surface area contributed by atoms with Crippen LogP contribution in [0.2, 0.25) is 0 Å². The van der Waals surface area contributed by atoms with Crippen molar-refractivity contribution >= 4 is 16.5 Å². The molecule has 0 spiro atoms. The summed E-state index contributed by atoms with van der Waals surface area (Å²) >= 11 is 1.88. The largest absolute Gasteiger partial charge is 0.345 e. The van der Waals surface area contributed by atoms with Gasteiger partial charge in [0.1, 0.15) is 0 Å². The zero-order valence-corrected chi connectivity index (χ0v) is 13.5. The molecule has 19 heavy (non-hydrogen) atoms. The first kappa shape index (κ1) is 14.8. The van der Waals surface area contributed by atoms with Crippen LogP contribution in [0, 0.1) is 12.8 Å². The Morgan fingerprint density at radius 2 is 2.16 bits per heavy atom. The molecule has 0 aromatic carbocycles. The summed E-state index contributed by atoms with van der Waals surface area (Å²) in [6.45, 7) is 12.1. The molecule has 1 aliphatic carbocycles. The second-order valence-electron chi connectivity index (χ2n) is 5.96. The van der Waals surface area contributed by atoms with Crippen molar-refractivity contribution in [2.45, 2.75) is 59.5 Å². The van der Waals surface area contributed by atoms with Crippen molar-refractivity contribution in [3.63, 3.8) is 0 Å². The van der Waals surface area contributed by atoms with Crippen LogP contribution in [-0.2, 0) is 6.54 Å². The van der Waals surface area contributed by atoms with E-state index in [9.17, 15) is 0 Å². The molecule has 0 bridgehead atoms. The van der Waals surface area contributed by atoms with Crippen molar-refractivity contribution in [2.75, 3.05) is 18.0 Å². The summed E-state index contributed by atoms with van der Waals surface area (Å²) in [5.74, 6) is 0.700. The minimum Gasteiger partial charge on any atom is -0.345 e. The molecule has 108 valence electrons. The van der Waals surface area contributed by atoms with Crippen LogP contribution in [0.5, 0.6) is 0 Å². The number of anilines is 1. The SMILES string of the molecule is CCCNCc1sc(N(CC(C)C)C2CC2)nc1C. The van der Waals surface area contributed by atoms with Gasteiger partial charge in [-0.05, 0) is 38.6 Å². The highest BCUT2D eigenvalue weighted by Gasteiger charge is 2.31. The summed E-state index contributed by atoms with van der Waals surface area (Å²) in [6.07, 6.45) is 3.87. The minimum absolute atomic E-state index is 0.700. The Labute approximate surface area is 121 Å². The van der Waals surface area contributed by atoms with Crippen molar-refractivity contribution in [2.24, 2.45) is 5.92 Å². The fourth-order valence-corrected chi connectivity index (χ4v) is 3.35. The summed E-state index contributed by atoms with van der Waals surface area (Å²) < 4.78 is 0. The highest BCUT2D eigenvalue weighted by molar-refractivity contribution is 7.15. The predicted molar refractivity (Wildman–Crippen MR) is 84.1 cm³/mol. The molecular formula is C15H27N3S. The van der Waals surface area contributed by atoms with E-state index in [1.54, 1.807) is 0 Å². The molecule has 3 nitrogen and oxygen atoms in total. The van der Waals surface area contributed by atoms with Crippen LogP contribution in [0.25, 0.3) is 0 Å². The highest BCUT2D eigenvalue weighted by Crippen LogP contribution is 2.35. The van der Waals surface area contributed by atoms with E-state index in [0.717, 1.165) is 25.7 Å². The average Bonchev–Trinajstić information content (AvgIpc) is 3.12. The van der Waals surface area contributed by atoms with Crippen molar-refractivity contribution in [1.82, 2.24) is 10.3 Å². The van der Waals surface area contributed by atoms with Gasteiger partial charge in [0, 0.05) is 24.0 Å². The van der Waals surface area contributed by atoms with Gasteiger partial charge in [-0.3, -0.25) is 0 Å². The van der Waals surface area contributed by atoms with Crippen LogP contribution in [0.1, 0.15) is 50.6 Å². The van der Waals surface area contributed by atoms with Gasteiger partial charge in [0.05, 0.1) is 5.69 Å². The molecule has 0 atom stereocenters. The normalized spacial score (nSPS) is 15.2. The maximum atomic E-state index is 4.81. The van der Waals surface area contributed by atoms with Gasteiger partial charge in [-0.2, -0.15) is 0 Å². The summed E-state index contributed by atoms with van der Waals surface area (Å²) in [4.78, 5) is 8.74. The molecule has 1 heterocycles. The second kappa shape index (κ2) is 6.71. The van der Waals surface area contributed by atoms with Gasteiger partial charge in [-0.1, -0.05) is 20.8 Å². The van der Waals surface area contributed by atoms with Crippen molar-refractivity contribution < 1.29 is 0 Å². The van der Waals surface area contributed by atoms with E-state index < -0.39 is 0 Å². The van der Waals surface area contributed by atoms with Crippen LogP contribution in [0.4, 0.5) is 5.13 Å². The molecule has 0 saturated heterocycles. The summed E-state index contributed by atoms with van der Waals surface area (Å²) in [5.41, 5.74) is 1.21. The molecule has 1 N–H and O–H groups in total. The smallest absolute Gasteiger partial charge is 0.186 e. The third-order valence-corrected chi connectivity index (χ3v) is 4.58. The Bertz CT molecular complexity index is 396. The highest BCUT2D eigenvalue weighted by atomic mass is 32.1. The summed E-state index contributed by atoms with van der Waals surface area (Å²) in [5, 5.41) is 4.72. The standard InChI is InChI=1S/C15H27N3S/c1-5-8-16-9-14-12(4)17-15(19-14)18(10-11(2)3)13-6-7-13/h11,13,16H,5-10H2,1-4H3. The molecule has 1 aliphatic rings. The summed E-state index contributed by atoms with van der Waals surface area (Å²) in [7, 11) is 0.